The Balaban J connectivity index is 3.75. The molecule has 0 saturated carbocycles. The SMILES string of the molecule is CCCOC(=O)C(C)SCCCC(F)(F)C(F)F. The molecule has 0 aliphatic rings. The van der Waals surface area contributed by atoms with Gasteiger partial charge in [-0.25, -0.2) is 17.6 Å². The van der Waals surface area contributed by atoms with Crippen molar-refractivity contribution in [1.29, 1.82) is 0 Å². The fourth-order valence-electron chi connectivity index (χ4n) is 1.07. The minimum Gasteiger partial charge on any atom is -0.465 e. The molecule has 18 heavy (non-hydrogen) atoms. The van der Waals surface area contributed by atoms with E-state index in [0.717, 1.165) is 11.8 Å². The van der Waals surface area contributed by atoms with Crippen molar-refractivity contribution >= 4 is 17.7 Å². The first-order valence-electron chi connectivity index (χ1n) is 5.75. The molecule has 0 fully saturated rings. The van der Waals surface area contributed by atoms with E-state index in [2.05, 4.69) is 0 Å². The summed E-state index contributed by atoms with van der Waals surface area (Å²) < 4.78 is 53.6. The van der Waals surface area contributed by atoms with Crippen LogP contribution in [0.1, 0.15) is 33.1 Å². The quantitative estimate of drug-likeness (QED) is 0.367. The average molecular weight is 290 g/mol. The van der Waals surface area contributed by atoms with Crippen LogP contribution in [0.3, 0.4) is 0 Å². The summed E-state index contributed by atoms with van der Waals surface area (Å²) in [5.74, 6) is -4.11. The second kappa shape index (κ2) is 8.61. The molecule has 0 bridgehead atoms. The van der Waals surface area contributed by atoms with Crippen molar-refractivity contribution in [3.05, 3.63) is 0 Å². The minimum atomic E-state index is -3.94. The van der Waals surface area contributed by atoms with E-state index >= 15 is 0 Å². The number of alkyl halides is 4. The van der Waals surface area contributed by atoms with Gasteiger partial charge in [-0.15, -0.1) is 11.8 Å². The molecule has 108 valence electrons. The van der Waals surface area contributed by atoms with E-state index in [-0.39, 0.29) is 12.2 Å². The first kappa shape index (κ1) is 17.5. The summed E-state index contributed by atoms with van der Waals surface area (Å²) in [5.41, 5.74) is 0. The molecule has 2 nitrogen and oxygen atoms in total. The third-order valence-electron chi connectivity index (χ3n) is 2.12. The Kier molecular flexibility index (Phi) is 8.39. The number of hydrogen-bond acceptors (Lipinski definition) is 3. The second-order valence-electron chi connectivity index (χ2n) is 3.85. The molecule has 0 aliphatic heterocycles. The Morgan fingerprint density at radius 2 is 2.00 bits per heavy atom. The molecule has 0 aliphatic carbocycles. The highest BCUT2D eigenvalue weighted by Crippen LogP contribution is 2.29. The molecule has 0 aromatic heterocycles. The maximum absolute atomic E-state index is 12.5. The molecule has 0 aromatic rings. The van der Waals surface area contributed by atoms with Gasteiger partial charge in [0.05, 0.1) is 11.9 Å². The Morgan fingerprint density at radius 3 is 2.50 bits per heavy atom. The van der Waals surface area contributed by atoms with Crippen LogP contribution >= 0.6 is 11.8 Å². The lowest BCUT2D eigenvalue weighted by atomic mass is 10.2. The number of halogens is 4. The molecular weight excluding hydrogens is 272 g/mol. The number of carbonyl (C=O) groups excluding carboxylic acids is 1. The van der Waals surface area contributed by atoms with Gasteiger partial charge in [0.2, 0.25) is 0 Å². The van der Waals surface area contributed by atoms with Crippen LogP contribution in [0.15, 0.2) is 0 Å². The first-order chi connectivity index (χ1) is 8.31. The monoisotopic (exact) mass is 290 g/mol. The van der Waals surface area contributed by atoms with Crippen LogP contribution in [0, 0.1) is 0 Å². The Hall–Kier alpha value is -0.460. The predicted octanol–water partition coefficient (Wildman–Crippen LogP) is 3.74. The fraction of sp³-hybridized carbons (Fsp3) is 0.909. The summed E-state index contributed by atoms with van der Waals surface area (Å²) in [5, 5.41) is -0.461. The molecule has 0 heterocycles. The van der Waals surface area contributed by atoms with Gasteiger partial charge in [-0.2, -0.15) is 0 Å². The highest BCUT2D eigenvalue weighted by molar-refractivity contribution is 8.00. The number of carbonyl (C=O) groups is 1. The summed E-state index contributed by atoms with van der Waals surface area (Å²) >= 11 is 1.13. The van der Waals surface area contributed by atoms with E-state index in [1.807, 2.05) is 6.92 Å². The van der Waals surface area contributed by atoms with Crippen molar-refractivity contribution in [1.82, 2.24) is 0 Å². The van der Waals surface area contributed by atoms with E-state index in [1.54, 1.807) is 6.92 Å². The summed E-state index contributed by atoms with van der Waals surface area (Å²) in [6.07, 6.45) is -3.85. The van der Waals surface area contributed by atoms with Gasteiger partial charge in [0.1, 0.15) is 0 Å². The van der Waals surface area contributed by atoms with Crippen LogP contribution in [0.4, 0.5) is 17.6 Å². The molecule has 0 aromatic carbocycles. The standard InChI is InChI=1S/C11H18F4O2S/c1-3-6-17-9(16)8(2)18-7-4-5-11(14,15)10(12)13/h8,10H,3-7H2,1-2H3. The number of ether oxygens (including phenoxy) is 1. The van der Waals surface area contributed by atoms with Crippen LogP contribution in [0.25, 0.3) is 0 Å². The minimum absolute atomic E-state index is 0.0621. The van der Waals surface area contributed by atoms with E-state index in [0.29, 0.717) is 13.0 Å². The van der Waals surface area contributed by atoms with E-state index in [1.165, 1.54) is 0 Å². The van der Waals surface area contributed by atoms with Gasteiger partial charge >= 0.3 is 18.3 Å². The molecule has 0 spiro atoms. The second-order valence-corrected chi connectivity index (χ2v) is 5.29. The van der Waals surface area contributed by atoms with Crippen molar-refractivity contribution < 1.29 is 27.1 Å². The normalized spacial score (nSPS) is 13.7. The summed E-state index contributed by atoms with van der Waals surface area (Å²) in [6, 6.07) is 0. The zero-order chi connectivity index (χ0) is 14.2. The molecule has 0 amide bonds. The Morgan fingerprint density at radius 1 is 1.39 bits per heavy atom. The van der Waals surface area contributed by atoms with Gasteiger partial charge in [-0.05, 0) is 25.5 Å². The number of hydrogen-bond donors (Lipinski definition) is 0. The van der Waals surface area contributed by atoms with Crippen molar-refractivity contribution in [3.63, 3.8) is 0 Å². The van der Waals surface area contributed by atoms with Crippen LogP contribution < -0.4 is 0 Å². The van der Waals surface area contributed by atoms with Gasteiger partial charge in [0.15, 0.2) is 0 Å². The molecule has 1 unspecified atom stereocenters. The van der Waals surface area contributed by atoms with E-state index in [4.69, 9.17) is 4.74 Å². The van der Waals surface area contributed by atoms with Crippen LogP contribution in [-0.2, 0) is 9.53 Å². The highest BCUT2D eigenvalue weighted by atomic mass is 32.2. The van der Waals surface area contributed by atoms with Crippen molar-refractivity contribution in [2.24, 2.45) is 0 Å². The Labute approximate surface area is 108 Å². The van der Waals surface area contributed by atoms with E-state index in [9.17, 15) is 22.4 Å². The zero-order valence-electron chi connectivity index (χ0n) is 10.4. The molecule has 0 radical (unpaired) electrons. The van der Waals surface area contributed by atoms with Crippen molar-refractivity contribution in [2.45, 2.75) is 50.7 Å². The molecule has 0 saturated heterocycles. The van der Waals surface area contributed by atoms with Crippen LogP contribution in [0.5, 0.6) is 0 Å². The van der Waals surface area contributed by atoms with Crippen LogP contribution in [-0.4, -0.2) is 35.9 Å². The Bertz CT molecular complexity index is 249. The molecule has 0 N–H and O–H groups in total. The lowest BCUT2D eigenvalue weighted by Gasteiger charge is -2.15. The largest absolute Gasteiger partial charge is 0.465 e. The highest BCUT2D eigenvalue weighted by Gasteiger charge is 2.39. The maximum atomic E-state index is 12.5. The van der Waals surface area contributed by atoms with E-state index < -0.39 is 30.0 Å². The van der Waals surface area contributed by atoms with Gasteiger partial charge in [0.25, 0.3) is 0 Å². The summed E-state index contributed by atoms with van der Waals surface area (Å²) in [6.45, 7) is 3.79. The fourth-order valence-corrected chi connectivity index (χ4v) is 1.93. The average Bonchev–Trinajstić information content (AvgIpc) is 2.31. The van der Waals surface area contributed by atoms with Gasteiger partial charge < -0.3 is 4.74 Å². The number of thioether (sulfide) groups is 1. The third kappa shape index (κ3) is 7.08. The first-order valence-corrected chi connectivity index (χ1v) is 6.80. The number of esters is 1. The zero-order valence-corrected chi connectivity index (χ0v) is 11.2. The lowest BCUT2D eigenvalue weighted by molar-refractivity contribution is -0.142. The van der Waals surface area contributed by atoms with Crippen molar-refractivity contribution in [3.8, 4) is 0 Å². The van der Waals surface area contributed by atoms with Crippen LogP contribution in [0.2, 0.25) is 0 Å². The molecule has 1 atom stereocenters. The lowest BCUT2D eigenvalue weighted by Crippen LogP contribution is -2.26. The summed E-state index contributed by atoms with van der Waals surface area (Å²) in [4.78, 5) is 11.3. The smallest absolute Gasteiger partial charge is 0.318 e. The van der Waals surface area contributed by atoms with Gasteiger partial charge in [-0.1, -0.05) is 6.92 Å². The number of rotatable bonds is 9. The molecular formula is C11H18F4O2S. The van der Waals surface area contributed by atoms with Crippen molar-refractivity contribution in [2.75, 3.05) is 12.4 Å². The summed E-state index contributed by atoms with van der Waals surface area (Å²) in [7, 11) is 0. The molecule has 0 rings (SSSR count). The van der Waals surface area contributed by atoms with Gasteiger partial charge in [0, 0.05) is 6.42 Å². The maximum Gasteiger partial charge on any atom is 0.318 e. The molecule has 7 heteroatoms. The van der Waals surface area contributed by atoms with Gasteiger partial charge in [-0.3, -0.25) is 4.79 Å². The topological polar surface area (TPSA) is 26.3 Å². The third-order valence-corrected chi connectivity index (χ3v) is 3.34. The predicted molar refractivity (Wildman–Crippen MR) is 63.4 cm³/mol.